The van der Waals surface area contributed by atoms with E-state index in [1.165, 1.54) is 5.56 Å². The van der Waals surface area contributed by atoms with Crippen molar-refractivity contribution in [1.82, 2.24) is 5.32 Å². The second kappa shape index (κ2) is 9.11. The number of hydrogen-bond acceptors (Lipinski definition) is 4. The number of carbonyl (C=O) groups is 1. The number of amides is 1. The quantitative estimate of drug-likeness (QED) is 0.786. The summed E-state index contributed by atoms with van der Waals surface area (Å²) in [4.78, 5) is 12.7. The Morgan fingerprint density at radius 1 is 1.04 bits per heavy atom. The highest BCUT2D eigenvalue weighted by atomic mass is 16.5. The monoisotopic (exact) mass is 383 g/mol. The van der Waals surface area contributed by atoms with E-state index in [4.69, 9.17) is 14.2 Å². The molecule has 28 heavy (non-hydrogen) atoms. The molecule has 0 spiro atoms. The van der Waals surface area contributed by atoms with Crippen LogP contribution in [0.15, 0.2) is 48.5 Å². The van der Waals surface area contributed by atoms with Crippen molar-refractivity contribution < 1.29 is 19.0 Å². The maximum atomic E-state index is 12.7. The van der Waals surface area contributed by atoms with Crippen molar-refractivity contribution in [2.75, 3.05) is 26.9 Å². The summed E-state index contributed by atoms with van der Waals surface area (Å²) in [7, 11) is 1.66. The van der Waals surface area contributed by atoms with Gasteiger partial charge in [0.15, 0.2) is 0 Å². The largest absolute Gasteiger partial charge is 0.497 e. The van der Waals surface area contributed by atoms with E-state index in [-0.39, 0.29) is 17.4 Å². The van der Waals surface area contributed by atoms with Crippen LogP contribution < -0.4 is 14.8 Å². The molecule has 1 aliphatic heterocycles. The van der Waals surface area contributed by atoms with Gasteiger partial charge < -0.3 is 19.5 Å². The van der Waals surface area contributed by atoms with Gasteiger partial charge in [-0.3, -0.25) is 4.79 Å². The predicted octanol–water partition coefficient (Wildman–Crippen LogP) is 3.96. The lowest BCUT2D eigenvalue weighted by Gasteiger charge is -2.38. The summed E-state index contributed by atoms with van der Waals surface area (Å²) in [6.45, 7) is 5.93. The molecule has 0 radical (unpaired) electrons. The van der Waals surface area contributed by atoms with E-state index in [9.17, 15) is 4.79 Å². The van der Waals surface area contributed by atoms with Crippen LogP contribution in [0.2, 0.25) is 0 Å². The lowest BCUT2D eigenvalue weighted by molar-refractivity contribution is 0.0487. The van der Waals surface area contributed by atoms with Gasteiger partial charge in [0.05, 0.1) is 13.2 Å². The molecular formula is C23H29NO4. The third kappa shape index (κ3) is 4.84. The summed E-state index contributed by atoms with van der Waals surface area (Å²) in [6.07, 6.45) is 1.86. The number of benzene rings is 2. The van der Waals surface area contributed by atoms with Gasteiger partial charge in [0.25, 0.3) is 5.91 Å². The molecule has 3 rings (SSSR count). The van der Waals surface area contributed by atoms with Crippen LogP contribution in [0.1, 0.15) is 42.6 Å². The Hall–Kier alpha value is -2.53. The van der Waals surface area contributed by atoms with E-state index < -0.39 is 0 Å². The van der Waals surface area contributed by atoms with Crippen LogP contribution in [0.5, 0.6) is 11.5 Å². The van der Waals surface area contributed by atoms with Crippen LogP contribution in [-0.2, 0) is 10.2 Å². The molecule has 1 aliphatic rings. The summed E-state index contributed by atoms with van der Waals surface area (Å²) in [5, 5.41) is 3.13. The van der Waals surface area contributed by atoms with Crippen molar-refractivity contribution in [3.8, 4) is 11.5 Å². The molecule has 0 atom stereocenters. The molecule has 5 nitrogen and oxygen atoms in total. The lowest BCUT2D eigenvalue weighted by atomic mass is 9.74. The topological polar surface area (TPSA) is 56.8 Å². The minimum atomic E-state index is -0.124. The molecule has 1 saturated heterocycles. The number of nitrogens with one attached hydrogen (secondary N) is 1. The van der Waals surface area contributed by atoms with E-state index in [0.29, 0.717) is 25.3 Å². The van der Waals surface area contributed by atoms with Crippen molar-refractivity contribution in [2.45, 2.75) is 38.2 Å². The first kappa shape index (κ1) is 20.2. The fourth-order valence-electron chi connectivity index (χ4n) is 3.58. The molecule has 0 unspecified atom stereocenters. The lowest BCUT2D eigenvalue weighted by Crippen LogP contribution is -2.44. The number of rotatable bonds is 7. The van der Waals surface area contributed by atoms with E-state index in [0.717, 1.165) is 24.3 Å². The number of methoxy groups -OCH3 is 1. The van der Waals surface area contributed by atoms with Crippen LogP contribution in [-0.4, -0.2) is 38.9 Å². The zero-order chi connectivity index (χ0) is 20.0. The highest BCUT2D eigenvalue weighted by Gasteiger charge is 2.35. The standard InChI is InChI=1S/C23H29NO4/c1-17(2)28-21-8-4-18(5-9-21)22(25)24-16-23(12-14-27-15-13-23)19-6-10-20(26-3)11-7-19/h4-11,17H,12-16H2,1-3H3,(H,24,25). The normalized spacial score (nSPS) is 15.9. The fourth-order valence-corrected chi connectivity index (χ4v) is 3.58. The van der Waals surface area contributed by atoms with E-state index in [1.54, 1.807) is 19.2 Å². The van der Waals surface area contributed by atoms with Gasteiger partial charge in [-0.15, -0.1) is 0 Å². The second-order valence-electron chi connectivity index (χ2n) is 7.49. The van der Waals surface area contributed by atoms with Crippen molar-refractivity contribution >= 4 is 5.91 Å². The molecule has 1 fully saturated rings. The molecule has 150 valence electrons. The zero-order valence-electron chi connectivity index (χ0n) is 16.9. The maximum Gasteiger partial charge on any atom is 0.251 e. The summed E-state index contributed by atoms with van der Waals surface area (Å²) in [6, 6.07) is 15.4. The molecule has 2 aromatic rings. The Morgan fingerprint density at radius 3 is 2.21 bits per heavy atom. The second-order valence-corrected chi connectivity index (χ2v) is 7.49. The van der Waals surface area contributed by atoms with Gasteiger partial charge in [-0.2, -0.15) is 0 Å². The van der Waals surface area contributed by atoms with Crippen molar-refractivity contribution in [3.05, 3.63) is 59.7 Å². The maximum absolute atomic E-state index is 12.7. The van der Waals surface area contributed by atoms with Crippen LogP contribution in [0.4, 0.5) is 0 Å². The van der Waals surface area contributed by atoms with Crippen LogP contribution in [0.25, 0.3) is 0 Å². The Bertz CT molecular complexity index is 762. The van der Waals surface area contributed by atoms with Crippen molar-refractivity contribution in [2.24, 2.45) is 0 Å². The predicted molar refractivity (Wildman–Crippen MR) is 109 cm³/mol. The van der Waals surface area contributed by atoms with Gasteiger partial charge in [-0.1, -0.05) is 12.1 Å². The molecule has 1 amide bonds. The molecule has 0 bridgehead atoms. The summed E-state index contributed by atoms with van der Waals surface area (Å²) in [5.41, 5.74) is 1.71. The fraction of sp³-hybridized carbons (Fsp3) is 0.435. The first-order chi connectivity index (χ1) is 13.5. The third-order valence-electron chi connectivity index (χ3n) is 5.23. The summed E-state index contributed by atoms with van der Waals surface area (Å²) in [5.74, 6) is 1.53. The molecule has 0 saturated carbocycles. The highest BCUT2D eigenvalue weighted by molar-refractivity contribution is 5.94. The molecule has 0 aliphatic carbocycles. The zero-order valence-corrected chi connectivity index (χ0v) is 16.9. The van der Waals surface area contributed by atoms with E-state index in [1.807, 2.05) is 38.1 Å². The van der Waals surface area contributed by atoms with Gasteiger partial charge in [0, 0.05) is 30.7 Å². The number of hydrogen-bond donors (Lipinski definition) is 1. The molecule has 0 aromatic heterocycles. The molecular weight excluding hydrogens is 354 g/mol. The molecule has 2 aromatic carbocycles. The Balaban J connectivity index is 1.70. The van der Waals surface area contributed by atoms with Crippen LogP contribution in [0.3, 0.4) is 0 Å². The van der Waals surface area contributed by atoms with Crippen molar-refractivity contribution in [1.29, 1.82) is 0 Å². The Morgan fingerprint density at radius 2 is 1.64 bits per heavy atom. The Labute approximate surface area is 167 Å². The van der Waals surface area contributed by atoms with Gasteiger partial charge in [0.1, 0.15) is 11.5 Å². The molecule has 1 heterocycles. The smallest absolute Gasteiger partial charge is 0.251 e. The Kier molecular flexibility index (Phi) is 6.57. The van der Waals surface area contributed by atoms with Gasteiger partial charge >= 0.3 is 0 Å². The van der Waals surface area contributed by atoms with Crippen LogP contribution >= 0.6 is 0 Å². The van der Waals surface area contributed by atoms with Crippen LogP contribution in [0, 0.1) is 0 Å². The number of ether oxygens (including phenoxy) is 3. The minimum Gasteiger partial charge on any atom is -0.497 e. The SMILES string of the molecule is COc1ccc(C2(CNC(=O)c3ccc(OC(C)C)cc3)CCOCC2)cc1. The van der Waals surface area contributed by atoms with Gasteiger partial charge in [-0.25, -0.2) is 0 Å². The van der Waals surface area contributed by atoms with E-state index >= 15 is 0 Å². The highest BCUT2D eigenvalue weighted by Crippen LogP contribution is 2.35. The van der Waals surface area contributed by atoms with Gasteiger partial charge in [-0.05, 0) is 68.7 Å². The van der Waals surface area contributed by atoms with Gasteiger partial charge in [0.2, 0.25) is 0 Å². The average molecular weight is 383 g/mol. The number of carbonyl (C=O) groups excluding carboxylic acids is 1. The third-order valence-corrected chi connectivity index (χ3v) is 5.23. The minimum absolute atomic E-state index is 0.0736. The first-order valence-corrected chi connectivity index (χ1v) is 9.80. The molecule has 1 N–H and O–H groups in total. The van der Waals surface area contributed by atoms with Crippen molar-refractivity contribution in [3.63, 3.8) is 0 Å². The summed E-state index contributed by atoms with van der Waals surface area (Å²) < 4.78 is 16.5. The van der Waals surface area contributed by atoms with E-state index in [2.05, 4.69) is 17.4 Å². The molecule has 5 heteroatoms. The average Bonchev–Trinajstić information content (AvgIpc) is 2.73. The first-order valence-electron chi connectivity index (χ1n) is 9.80. The summed E-state index contributed by atoms with van der Waals surface area (Å²) >= 11 is 0.